The fourth-order valence-electron chi connectivity index (χ4n) is 2.33. The van der Waals surface area contributed by atoms with Crippen molar-refractivity contribution in [2.75, 3.05) is 0 Å². The van der Waals surface area contributed by atoms with E-state index in [1.807, 2.05) is 43.4 Å². The molecule has 0 radical (unpaired) electrons. The Bertz CT molecular complexity index is 691. The second kappa shape index (κ2) is 4.82. The molecule has 3 rings (SSSR count). The number of benzene rings is 1. The van der Waals surface area contributed by atoms with Gasteiger partial charge in [0.1, 0.15) is 6.10 Å². The van der Waals surface area contributed by atoms with E-state index in [1.54, 1.807) is 17.1 Å². The molecule has 0 bridgehead atoms. The van der Waals surface area contributed by atoms with Gasteiger partial charge in [-0.3, -0.25) is 9.67 Å². The molecule has 0 amide bonds. The van der Waals surface area contributed by atoms with E-state index in [2.05, 4.69) is 10.1 Å². The lowest BCUT2D eigenvalue weighted by atomic mass is 10.0. The molecule has 0 spiro atoms. The minimum Gasteiger partial charge on any atom is -0.386 e. The summed E-state index contributed by atoms with van der Waals surface area (Å²) in [5.41, 5.74) is 2.76. The van der Waals surface area contributed by atoms with Crippen molar-refractivity contribution in [2.24, 2.45) is 7.05 Å². The first-order valence-electron chi connectivity index (χ1n) is 6.24. The molecule has 0 saturated carbocycles. The molecule has 1 aromatic carbocycles. The number of aryl methyl sites for hydroxylation is 1. The lowest BCUT2D eigenvalue weighted by Gasteiger charge is -2.08. The van der Waals surface area contributed by atoms with Crippen molar-refractivity contribution in [1.29, 1.82) is 0 Å². The first-order valence-corrected chi connectivity index (χ1v) is 6.24. The number of pyridine rings is 1. The zero-order chi connectivity index (χ0) is 13.2. The Labute approximate surface area is 111 Å². The summed E-state index contributed by atoms with van der Waals surface area (Å²) in [7, 11) is 1.89. The molecule has 4 nitrogen and oxygen atoms in total. The van der Waals surface area contributed by atoms with Gasteiger partial charge in [-0.05, 0) is 17.7 Å². The lowest BCUT2D eigenvalue weighted by molar-refractivity contribution is 0.174. The van der Waals surface area contributed by atoms with Crippen LogP contribution in [0, 0.1) is 0 Å². The van der Waals surface area contributed by atoms with Crippen LogP contribution in [0.2, 0.25) is 0 Å². The molecule has 1 unspecified atom stereocenters. The van der Waals surface area contributed by atoms with Crippen molar-refractivity contribution in [3.05, 3.63) is 60.0 Å². The molecular formula is C15H15N3O. The molecule has 0 aliphatic heterocycles. The number of para-hydroxylation sites is 1. The number of fused-ring (bicyclic) bond motifs is 1. The minimum absolute atomic E-state index is 0.523. The standard InChI is InChI=1S/C15H15N3O/c1-18-13-7-3-2-6-12(13)15(17-18)14(19)9-11-5-4-8-16-10-11/h2-8,10,14,19H,9H2,1H3. The molecule has 4 heteroatoms. The van der Waals surface area contributed by atoms with E-state index in [4.69, 9.17) is 0 Å². The third kappa shape index (κ3) is 2.22. The van der Waals surface area contributed by atoms with Crippen LogP contribution in [0.4, 0.5) is 0 Å². The van der Waals surface area contributed by atoms with Gasteiger partial charge in [0.05, 0.1) is 11.2 Å². The van der Waals surface area contributed by atoms with Gasteiger partial charge >= 0.3 is 0 Å². The van der Waals surface area contributed by atoms with Crippen LogP contribution in [0.15, 0.2) is 48.8 Å². The number of nitrogens with zero attached hydrogens (tertiary/aromatic N) is 3. The number of hydrogen-bond acceptors (Lipinski definition) is 3. The van der Waals surface area contributed by atoms with Crippen molar-refractivity contribution in [3.8, 4) is 0 Å². The molecule has 1 atom stereocenters. The maximum atomic E-state index is 10.4. The number of aromatic nitrogens is 3. The summed E-state index contributed by atoms with van der Waals surface area (Å²) >= 11 is 0. The van der Waals surface area contributed by atoms with E-state index < -0.39 is 6.10 Å². The van der Waals surface area contributed by atoms with E-state index in [1.165, 1.54) is 0 Å². The lowest BCUT2D eigenvalue weighted by Crippen LogP contribution is -2.04. The molecule has 2 heterocycles. The van der Waals surface area contributed by atoms with Crippen molar-refractivity contribution in [1.82, 2.24) is 14.8 Å². The Kier molecular flexibility index (Phi) is 3.01. The fourth-order valence-corrected chi connectivity index (χ4v) is 2.33. The van der Waals surface area contributed by atoms with E-state index in [0.29, 0.717) is 6.42 Å². The minimum atomic E-state index is -0.615. The van der Waals surface area contributed by atoms with Gasteiger partial charge in [-0.2, -0.15) is 5.10 Å². The molecule has 1 N–H and O–H groups in total. The van der Waals surface area contributed by atoms with Crippen LogP contribution in [-0.4, -0.2) is 19.9 Å². The van der Waals surface area contributed by atoms with E-state index >= 15 is 0 Å². The summed E-state index contributed by atoms with van der Waals surface area (Å²) in [5.74, 6) is 0. The average molecular weight is 253 g/mol. The Morgan fingerprint density at radius 1 is 1.21 bits per heavy atom. The zero-order valence-electron chi connectivity index (χ0n) is 10.7. The summed E-state index contributed by atoms with van der Waals surface area (Å²) in [5, 5.41) is 15.8. The summed E-state index contributed by atoms with van der Waals surface area (Å²) < 4.78 is 1.80. The quantitative estimate of drug-likeness (QED) is 0.779. The molecule has 19 heavy (non-hydrogen) atoms. The predicted molar refractivity (Wildman–Crippen MR) is 73.6 cm³/mol. The van der Waals surface area contributed by atoms with Crippen LogP contribution >= 0.6 is 0 Å². The van der Waals surface area contributed by atoms with Gasteiger partial charge in [-0.25, -0.2) is 0 Å². The van der Waals surface area contributed by atoms with Crippen molar-refractivity contribution < 1.29 is 5.11 Å². The Hall–Kier alpha value is -2.20. The number of rotatable bonds is 3. The van der Waals surface area contributed by atoms with Gasteiger partial charge in [0.25, 0.3) is 0 Å². The normalized spacial score (nSPS) is 12.7. The first kappa shape index (κ1) is 11.9. The molecule has 96 valence electrons. The number of aliphatic hydroxyl groups is 1. The number of aliphatic hydroxyl groups excluding tert-OH is 1. The van der Waals surface area contributed by atoms with Crippen molar-refractivity contribution in [3.63, 3.8) is 0 Å². The van der Waals surface area contributed by atoms with Crippen LogP contribution < -0.4 is 0 Å². The fraction of sp³-hybridized carbons (Fsp3) is 0.200. The maximum absolute atomic E-state index is 10.4. The van der Waals surface area contributed by atoms with Crippen molar-refractivity contribution in [2.45, 2.75) is 12.5 Å². The monoisotopic (exact) mass is 253 g/mol. The van der Waals surface area contributed by atoms with Gasteiger partial charge in [-0.15, -0.1) is 0 Å². The highest BCUT2D eigenvalue weighted by Gasteiger charge is 2.16. The van der Waals surface area contributed by atoms with Gasteiger partial charge in [-0.1, -0.05) is 24.3 Å². The predicted octanol–water partition coefficient (Wildman–Crippen LogP) is 2.24. The van der Waals surface area contributed by atoms with Crippen LogP contribution in [0.25, 0.3) is 10.9 Å². The van der Waals surface area contributed by atoms with Crippen LogP contribution in [0.1, 0.15) is 17.4 Å². The van der Waals surface area contributed by atoms with Gasteiger partial charge in [0, 0.05) is 31.2 Å². The second-order valence-corrected chi connectivity index (χ2v) is 4.61. The van der Waals surface area contributed by atoms with Crippen LogP contribution in [-0.2, 0) is 13.5 Å². The Morgan fingerprint density at radius 3 is 2.84 bits per heavy atom. The van der Waals surface area contributed by atoms with Crippen LogP contribution in [0.5, 0.6) is 0 Å². The summed E-state index contributed by atoms with van der Waals surface area (Å²) in [6.45, 7) is 0. The molecule has 0 aliphatic rings. The van der Waals surface area contributed by atoms with E-state index in [-0.39, 0.29) is 0 Å². The summed E-state index contributed by atoms with van der Waals surface area (Å²) in [6, 6.07) is 11.8. The molecule has 0 fully saturated rings. The highest BCUT2D eigenvalue weighted by molar-refractivity contribution is 5.82. The maximum Gasteiger partial charge on any atom is 0.102 e. The molecular weight excluding hydrogens is 238 g/mol. The van der Waals surface area contributed by atoms with Crippen molar-refractivity contribution >= 4 is 10.9 Å². The van der Waals surface area contributed by atoms with E-state index in [0.717, 1.165) is 22.2 Å². The third-order valence-corrected chi connectivity index (χ3v) is 3.25. The SMILES string of the molecule is Cn1nc(C(O)Cc2cccnc2)c2ccccc21. The number of hydrogen-bond donors (Lipinski definition) is 1. The molecule has 3 aromatic rings. The third-order valence-electron chi connectivity index (χ3n) is 3.25. The van der Waals surface area contributed by atoms with Gasteiger partial charge in [0.15, 0.2) is 0 Å². The van der Waals surface area contributed by atoms with Gasteiger partial charge < -0.3 is 5.11 Å². The Balaban J connectivity index is 1.96. The molecule has 2 aromatic heterocycles. The van der Waals surface area contributed by atoms with E-state index in [9.17, 15) is 5.11 Å². The smallest absolute Gasteiger partial charge is 0.102 e. The first-order chi connectivity index (χ1) is 9.25. The summed E-state index contributed by atoms with van der Waals surface area (Å²) in [4.78, 5) is 4.06. The summed E-state index contributed by atoms with van der Waals surface area (Å²) in [6.07, 6.45) is 3.41. The highest BCUT2D eigenvalue weighted by Crippen LogP contribution is 2.25. The molecule has 0 saturated heterocycles. The second-order valence-electron chi connectivity index (χ2n) is 4.61. The zero-order valence-corrected chi connectivity index (χ0v) is 10.7. The van der Waals surface area contributed by atoms with Gasteiger partial charge in [0.2, 0.25) is 0 Å². The average Bonchev–Trinajstić information content (AvgIpc) is 2.78. The molecule has 0 aliphatic carbocycles. The Morgan fingerprint density at radius 2 is 2.05 bits per heavy atom. The highest BCUT2D eigenvalue weighted by atomic mass is 16.3. The topological polar surface area (TPSA) is 50.9 Å². The van der Waals surface area contributed by atoms with Crippen LogP contribution in [0.3, 0.4) is 0 Å². The largest absolute Gasteiger partial charge is 0.386 e.